The molecule has 2 aromatic rings. The van der Waals surface area contributed by atoms with Crippen molar-refractivity contribution in [3.8, 4) is 11.1 Å². The van der Waals surface area contributed by atoms with Crippen molar-refractivity contribution in [1.82, 2.24) is 15.6 Å². The molecule has 1 saturated heterocycles. The van der Waals surface area contributed by atoms with Crippen LogP contribution in [0, 0.1) is 0 Å². The van der Waals surface area contributed by atoms with Gasteiger partial charge in [-0.3, -0.25) is 9.78 Å². The van der Waals surface area contributed by atoms with E-state index in [9.17, 15) is 18.0 Å². The van der Waals surface area contributed by atoms with Crippen molar-refractivity contribution < 1.29 is 18.0 Å². The predicted molar refractivity (Wildman–Crippen MR) is 83.4 cm³/mol. The molecule has 3 rings (SSSR count). The van der Waals surface area contributed by atoms with E-state index in [-0.39, 0.29) is 17.6 Å². The number of nitrogens with one attached hydrogen (secondary N) is 2. The highest BCUT2D eigenvalue weighted by Crippen LogP contribution is 2.32. The number of amides is 1. The second-order valence-corrected chi connectivity index (χ2v) is 5.67. The number of carbonyl (C=O) groups is 1. The van der Waals surface area contributed by atoms with Crippen LogP contribution < -0.4 is 10.6 Å². The molecule has 126 valence electrons. The third kappa shape index (κ3) is 3.73. The highest BCUT2D eigenvalue weighted by Gasteiger charge is 2.30. The Morgan fingerprint density at radius 2 is 2.00 bits per heavy atom. The molecule has 24 heavy (non-hydrogen) atoms. The second kappa shape index (κ2) is 6.60. The number of nitrogens with zero attached hydrogens (tertiary/aromatic N) is 1. The molecule has 0 spiro atoms. The van der Waals surface area contributed by atoms with Gasteiger partial charge in [0.05, 0.1) is 5.56 Å². The molecule has 1 aromatic carbocycles. The minimum atomic E-state index is -4.40. The van der Waals surface area contributed by atoms with Gasteiger partial charge >= 0.3 is 6.18 Å². The average molecular weight is 335 g/mol. The summed E-state index contributed by atoms with van der Waals surface area (Å²) in [6.07, 6.45) is -2.13. The molecule has 7 heteroatoms. The Bertz CT molecular complexity index is 740. The molecule has 1 aromatic heterocycles. The van der Waals surface area contributed by atoms with Crippen molar-refractivity contribution in [3.63, 3.8) is 0 Å². The molecule has 0 aliphatic carbocycles. The van der Waals surface area contributed by atoms with Crippen molar-refractivity contribution >= 4 is 5.91 Å². The molecule has 1 fully saturated rings. The maximum absolute atomic E-state index is 12.8. The fraction of sp³-hybridized carbons (Fsp3) is 0.294. The lowest BCUT2D eigenvalue weighted by atomic mass is 10.0. The summed E-state index contributed by atoms with van der Waals surface area (Å²) in [6.45, 7) is 1.56. The van der Waals surface area contributed by atoms with Crippen LogP contribution in [0.2, 0.25) is 0 Å². The molecule has 2 N–H and O–H groups in total. The minimum Gasteiger partial charge on any atom is -0.347 e. The summed E-state index contributed by atoms with van der Waals surface area (Å²) in [4.78, 5) is 16.3. The van der Waals surface area contributed by atoms with Crippen molar-refractivity contribution in [2.45, 2.75) is 18.6 Å². The van der Waals surface area contributed by atoms with Crippen LogP contribution in [0.15, 0.2) is 42.6 Å². The molecule has 0 radical (unpaired) electrons. The molecular weight excluding hydrogens is 319 g/mol. The topological polar surface area (TPSA) is 54.0 Å². The van der Waals surface area contributed by atoms with Crippen LogP contribution in [-0.2, 0) is 6.18 Å². The third-order valence-electron chi connectivity index (χ3n) is 3.91. The first-order valence-electron chi connectivity index (χ1n) is 7.59. The Morgan fingerprint density at radius 3 is 2.71 bits per heavy atom. The largest absolute Gasteiger partial charge is 0.416 e. The lowest BCUT2D eigenvalue weighted by molar-refractivity contribution is -0.137. The number of aromatic nitrogens is 1. The summed E-state index contributed by atoms with van der Waals surface area (Å²) < 4.78 is 38.5. The van der Waals surface area contributed by atoms with E-state index in [0.717, 1.165) is 25.1 Å². The predicted octanol–water partition coefficient (Wildman–Crippen LogP) is 2.86. The SMILES string of the molecule is O=C(NC1CCNC1)c1cc(-c2cccc(C(F)(F)F)c2)ccn1. The number of rotatable bonds is 3. The van der Waals surface area contributed by atoms with E-state index in [1.54, 1.807) is 12.1 Å². The van der Waals surface area contributed by atoms with Gasteiger partial charge in [0.2, 0.25) is 0 Å². The van der Waals surface area contributed by atoms with Crippen LogP contribution in [0.3, 0.4) is 0 Å². The summed E-state index contributed by atoms with van der Waals surface area (Å²) in [5.74, 6) is -0.322. The quantitative estimate of drug-likeness (QED) is 0.907. The normalized spacial score (nSPS) is 17.7. The number of pyridine rings is 1. The van der Waals surface area contributed by atoms with Gasteiger partial charge in [-0.1, -0.05) is 12.1 Å². The van der Waals surface area contributed by atoms with Crippen LogP contribution in [0.4, 0.5) is 13.2 Å². The fourth-order valence-electron chi connectivity index (χ4n) is 2.65. The van der Waals surface area contributed by atoms with E-state index in [2.05, 4.69) is 15.6 Å². The van der Waals surface area contributed by atoms with Crippen molar-refractivity contribution in [2.75, 3.05) is 13.1 Å². The maximum atomic E-state index is 12.8. The first-order chi connectivity index (χ1) is 11.4. The number of hydrogen-bond acceptors (Lipinski definition) is 3. The van der Waals surface area contributed by atoms with Gasteiger partial charge in [0, 0.05) is 18.8 Å². The highest BCUT2D eigenvalue weighted by atomic mass is 19.4. The van der Waals surface area contributed by atoms with Gasteiger partial charge in [-0.05, 0) is 48.4 Å². The molecule has 1 unspecified atom stereocenters. The van der Waals surface area contributed by atoms with E-state index >= 15 is 0 Å². The van der Waals surface area contributed by atoms with Crippen LogP contribution in [-0.4, -0.2) is 30.0 Å². The van der Waals surface area contributed by atoms with Crippen LogP contribution >= 0.6 is 0 Å². The highest BCUT2D eigenvalue weighted by molar-refractivity contribution is 5.93. The summed E-state index contributed by atoms with van der Waals surface area (Å²) >= 11 is 0. The van der Waals surface area contributed by atoms with Gasteiger partial charge in [0.1, 0.15) is 5.69 Å². The Labute approximate surface area is 137 Å². The molecule has 0 bridgehead atoms. The maximum Gasteiger partial charge on any atom is 0.416 e. The zero-order valence-corrected chi connectivity index (χ0v) is 12.7. The molecule has 2 heterocycles. The summed E-state index contributed by atoms with van der Waals surface area (Å²) in [5.41, 5.74) is 0.381. The third-order valence-corrected chi connectivity index (χ3v) is 3.91. The van der Waals surface area contributed by atoms with Crippen LogP contribution in [0.1, 0.15) is 22.5 Å². The Kier molecular flexibility index (Phi) is 4.53. The van der Waals surface area contributed by atoms with E-state index in [1.165, 1.54) is 18.3 Å². The average Bonchev–Trinajstić information content (AvgIpc) is 3.07. The summed E-state index contributed by atoms with van der Waals surface area (Å²) in [5, 5.41) is 6.01. The Morgan fingerprint density at radius 1 is 1.21 bits per heavy atom. The lowest BCUT2D eigenvalue weighted by Crippen LogP contribution is -2.36. The molecule has 1 aliphatic rings. The smallest absolute Gasteiger partial charge is 0.347 e. The lowest BCUT2D eigenvalue weighted by Gasteiger charge is -2.12. The molecule has 0 saturated carbocycles. The zero-order chi connectivity index (χ0) is 17.2. The number of halogens is 3. The van der Waals surface area contributed by atoms with E-state index in [1.807, 2.05) is 0 Å². The van der Waals surface area contributed by atoms with Crippen LogP contribution in [0.25, 0.3) is 11.1 Å². The fourth-order valence-corrected chi connectivity index (χ4v) is 2.65. The molecule has 1 aliphatic heterocycles. The van der Waals surface area contributed by atoms with Gasteiger partial charge in [-0.15, -0.1) is 0 Å². The first kappa shape index (κ1) is 16.4. The van der Waals surface area contributed by atoms with Gasteiger partial charge in [-0.25, -0.2) is 0 Å². The zero-order valence-electron chi connectivity index (χ0n) is 12.7. The minimum absolute atomic E-state index is 0.0523. The van der Waals surface area contributed by atoms with Gasteiger partial charge in [0.15, 0.2) is 0 Å². The standard InChI is InChI=1S/C17H16F3N3O/c18-17(19,20)13-3-1-2-11(8-13)12-4-7-22-15(9-12)16(24)23-14-5-6-21-10-14/h1-4,7-9,14,21H,5-6,10H2,(H,23,24). The number of alkyl halides is 3. The molecular formula is C17H16F3N3O. The number of hydrogen-bond donors (Lipinski definition) is 2. The molecule has 4 nitrogen and oxygen atoms in total. The summed E-state index contributed by atoms with van der Waals surface area (Å²) in [7, 11) is 0. The van der Waals surface area contributed by atoms with E-state index < -0.39 is 11.7 Å². The molecule has 1 amide bonds. The van der Waals surface area contributed by atoms with E-state index in [0.29, 0.717) is 17.7 Å². The van der Waals surface area contributed by atoms with E-state index in [4.69, 9.17) is 0 Å². The second-order valence-electron chi connectivity index (χ2n) is 5.67. The van der Waals surface area contributed by atoms with Gasteiger partial charge in [-0.2, -0.15) is 13.2 Å². The van der Waals surface area contributed by atoms with Gasteiger partial charge in [0.25, 0.3) is 5.91 Å². The van der Waals surface area contributed by atoms with Gasteiger partial charge < -0.3 is 10.6 Å². The first-order valence-corrected chi connectivity index (χ1v) is 7.59. The Balaban J connectivity index is 1.83. The summed E-state index contributed by atoms with van der Waals surface area (Å²) in [6, 6.07) is 8.16. The van der Waals surface area contributed by atoms with Crippen molar-refractivity contribution in [3.05, 3.63) is 53.9 Å². The monoisotopic (exact) mass is 335 g/mol. The molecule has 1 atom stereocenters. The Hall–Kier alpha value is -2.41. The van der Waals surface area contributed by atoms with Crippen molar-refractivity contribution in [2.24, 2.45) is 0 Å². The van der Waals surface area contributed by atoms with Crippen molar-refractivity contribution in [1.29, 1.82) is 0 Å². The number of carbonyl (C=O) groups excluding carboxylic acids is 1. The number of benzene rings is 1. The van der Waals surface area contributed by atoms with Crippen LogP contribution in [0.5, 0.6) is 0 Å².